The number of likely N-dealkylation sites (tertiary alicyclic amines) is 1. The lowest BCUT2D eigenvalue weighted by molar-refractivity contribution is -0.131. The average molecular weight is 344 g/mol. The van der Waals surface area contributed by atoms with Crippen LogP contribution in [0.5, 0.6) is 0 Å². The van der Waals surface area contributed by atoms with Crippen LogP contribution in [0, 0.1) is 11.7 Å². The number of amides is 1. The third-order valence-corrected chi connectivity index (χ3v) is 4.89. The van der Waals surface area contributed by atoms with E-state index in [1.165, 1.54) is 18.4 Å². The van der Waals surface area contributed by atoms with E-state index in [0.29, 0.717) is 17.7 Å². The second kappa shape index (κ2) is 7.75. The van der Waals surface area contributed by atoms with Crippen molar-refractivity contribution in [3.63, 3.8) is 0 Å². The van der Waals surface area contributed by atoms with Gasteiger partial charge in [-0.15, -0.1) is 0 Å². The molecule has 0 bridgehead atoms. The van der Waals surface area contributed by atoms with E-state index in [9.17, 15) is 4.79 Å². The van der Waals surface area contributed by atoms with Crippen LogP contribution in [0.15, 0.2) is 24.3 Å². The van der Waals surface area contributed by atoms with Crippen LogP contribution in [-0.4, -0.2) is 38.7 Å². The van der Waals surface area contributed by atoms with Gasteiger partial charge >= 0.3 is 0 Å². The van der Waals surface area contributed by atoms with Crippen molar-refractivity contribution in [1.82, 2.24) is 19.7 Å². The normalized spacial score (nSPS) is 15.3. The average Bonchev–Trinajstić information content (AvgIpc) is 2.78. The topological polar surface area (TPSA) is 53.9 Å². The minimum Gasteiger partial charge on any atom is -0.343 e. The number of benzene rings is 1. The van der Waals surface area contributed by atoms with E-state index in [2.05, 4.69) is 29.3 Å². The predicted octanol–water partition coefficient (Wildman–Crippen LogP) is 3.71. The Labute approximate surface area is 147 Å². The minimum atomic E-state index is 0.217. The van der Waals surface area contributed by atoms with E-state index in [-0.39, 0.29) is 5.91 Å². The molecule has 1 aliphatic rings. The zero-order valence-corrected chi connectivity index (χ0v) is 14.9. The van der Waals surface area contributed by atoms with Crippen LogP contribution < -0.4 is 0 Å². The van der Waals surface area contributed by atoms with Crippen molar-refractivity contribution < 1.29 is 4.79 Å². The summed E-state index contributed by atoms with van der Waals surface area (Å²) in [4.78, 5) is 14.5. The van der Waals surface area contributed by atoms with Crippen LogP contribution in [0.3, 0.4) is 0 Å². The fourth-order valence-electron chi connectivity index (χ4n) is 3.13. The molecule has 0 spiro atoms. The van der Waals surface area contributed by atoms with Gasteiger partial charge in [0.2, 0.25) is 5.91 Å². The third kappa shape index (κ3) is 3.93. The molecule has 0 atom stereocenters. The summed E-state index contributed by atoms with van der Waals surface area (Å²) < 4.78 is 2.49. The van der Waals surface area contributed by atoms with Crippen molar-refractivity contribution in [2.75, 3.05) is 13.1 Å². The van der Waals surface area contributed by atoms with Gasteiger partial charge in [-0.25, -0.2) is 0 Å². The Kier molecular flexibility index (Phi) is 5.45. The molecule has 2 aromatic rings. The zero-order valence-electron chi connectivity index (χ0n) is 14.1. The van der Waals surface area contributed by atoms with Gasteiger partial charge in [0.1, 0.15) is 0 Å². The molecule has 128 valence electrons. The molecule has 6 heteroatoms. The van der Waals surface area contributed by atoms with E-state index in [1.54, 1.807) is 0 Å². The van der Waals surface area contributed by atoms with Gasteiger partial charge < -0.3 is 4.90 Å². The van der Waals surface area contributed by atoms with E-state index in [1.807, 2.05) is 21.6 Å². The second-order valence-corrected chi connectivity index (χ2v) is 6.80. The maximum Gasteiger partial charge on any atom is 0.224 e. The van der Waals surface area contributed by atoms with Gasteiger partial charge in [-0.3, -0.25) is 14.5 Å². The number of nitrogens with zero attached hydrogens (tertiary/aromatic N) is 3. The van der Waals surface area contributed by atoms with E-state index < -0.39 is 0 Å². The lowest BCUT2D eigenvalue weighted by atomic mass is 10.1. The Balaban J connectivity index is 1.71. The molecule has 1 aromatic heterocycles. The number of rotatable bonds is 4. The smallest absolute Gasteiger partial charge is 0.224 e. The molecule has 1 aromatic carbocycles. The number of nitrogens with one attached hydrogen (secondary N) is 1. The molecule has 1 amide bonds. The molecule has 1 fully saturated rings. The number of carbonyl (C=O) groups is 1. The van der Waals surface area contributed by atoms with Gasteiger partial charge in [0.05, 0.1) is 0 Å². The van der Waals surface area contributed by atoms with Crippen molar-refractivity contribution in [2.45, 2.75) is 45.6 Å². The van der Waals surface area contributed by atoms with Crippen LogP contribution in [0.4, 0.5) is 0 Å². The first kappa shape index (κ1) is 16.9. The van der Waals surface area contributed by atoms with Crippen molar-refractivity contribution in [2.24, 2.45) is 0 Å². The lowest BCUT2D eigenvalue weighted by Gasteiger charge is -2.20. The Morgan fingerprint density at radius 1 is 1.17 bits per heavy atom. The summed E-state index contributed by atoms with van der Waals surface area (Å²) in [6, 6.07) is 8.18. The molecule has 1 saturated heterocycles. The third-order valence-electron chi connectivity index (χ3n) is 4.58. The Bertz CT molecular complexity index is 739. The first-order chi connectivity index (χ1) is 11.6. The predicted molar refractivity (Wildman–Crippen MR) is 97.2 cm³/mol. The SMILES string of the molecule is Cc1ccc(-c2n[nH]c(=S)n2CCC(=O)N2CCCCCC2)cc1. The van der Waals surface area contributed by atoms with Crippen molar-refractivity contribution in [3.05, 3.63) is 34.6 Å². The van der Waals surface area contributed by atoms with Gasteiger partial charge in [0.25, 0.3) is 0 Å². The second-order valence-electron chi connectivity index (χ2n) is 6.42. The van der Waals surface area contributed by atoms with Crippen molar-refractivity contribution in [3.8, 4) is 11.4 Å². The molecule has 1 N–H and O–H groups in total. The highest BCUT2D eigenvalue weighted by atomic mass is 32.1. The van der Waals surface area contributed by atoms with Crippen LogP contribution in [-0.2, 0) is 11.3 Å². The van der Waals surface area contributed by atoms with Gasteiger partial charge in [-0.05, 0) is 32.0 Å². The lowest BCUT2D eigenvalue weighted by Crippen LogP contribution is -2.32. The Hall–Kier alpha value is -1.95. The summed E-state index contributed by atoms with van der Waals surface area (Å²) >= 11 is 5.35. The van der Waals surface area contributed by atoms with Crippen LogP contribution in [0.2, 0.25) is 0 Å². The quantitative estimate of drug-likeness (QED) is 0.860. The zero-order chi connectivity index (χ0) is 16.9. The first-order valence-electron chi connectivity index (χ1n) is 8.65. The van der Waals surface area contributed by atoms with E-state index in [4.69, 9.17) is 12.2 Å². The monoisotopic (exact) mass is 344 g/mol. The summed E-state index contributed by atoms with van der Waals surface area (Å²) in [6.45, 7) is 4.40. The Morgan fingerprint density at radius 3 is 2.50 bits per heavy atom. The molecular weight excluding hydrogens is 320 g/mol. The molecule has 24 heavy (non-hydrogen) atoms. The first-order valence-corrected chi connectivity index (χ1v) is 9.06. The number of hydrogen-bond acceptors (Lipinski definition) is 3. The maximum atomic E-state index is 12.5. The summed E-state index contributed by atoms with van der Waals surface area (Å²) in [6.07, 6.45) is 5.16. The number of aryl methyl sites for hydroxylation is 1. The highest BCUT2D eigenvalue weighted by Gasteiger charge is 2.16. The van der Waals surface area contributed by atoms with Crippen LogP contribution in [0.1, 0.15) is 37.7 Å². The van der Waals surface area contributed by atoms with Gasteiger partial charge in [0.15, 0.2) is 10.6 Å². The summed E-state index contributed by atoms with van der Waals surface area (Å²) in [7, 11) is 0. The van der Waals surface area contributed by atoms with Crippen LogP contribution in [0.25, 0.3) is 11.4 Å². The molecule has 5 nitrogen and oxygen atoms in total. The highest BCUT2D eigenvalue weighted by molar-refractivity contribution is 7.71. The van der Waals surface area contributed by atoms with Crippen LogP contribution >= 0.6 is 12.2 Å². The fraction of sp³-hybridized carbons (Fsp3) is 0.500. The largest absolute Gasteiger partial charge is 0.343 e. The molecule has 0 aliphatic carbocycles. The van der Waals surface area contributed by atoms with Gasteiger partial charge in [-0.1, -0.05) is 42.7 Å². The van der Waals surface area contributed by atoms with Crippen molar-refractivity contribution >= 4 is 18.1 Å². The maximum absolute atomic E-state index is 12.5. The number of carbonyl (C=O) groups excluding carboxylic acids is 1. The molecule has 2 heterocycles. The van der Waals surface area contributed by atoms with E-state index >= 15 is 0 Å². The molecule has 0 unspecified atom stereocenters. The Morgan fingerprint density at radius 2 is 1.83 bits per heavy atom. The molecule has 1 aliphatic heterocycles. The van der Waals surface area contributed by atoms with E-state index in [0.717, 1.165) is 37.3 Å². The summed E-state index contributed by atoms with van der Waals surface area (Å²) in [5.74, 6) is 1.01. The molecule has 0 saturated carbocycles. The van der Waals surface area contributed by atoms with Crippen molar-refractivity contribution in [1.29, 1.82) is 0 Å². The number of aromatic nitrogens is 3. The molecule has 0 radical (unpaired) electrons. The van der Waals surface area contributed by atoms with Gasteiger partial charge in [0, 0.05) is 31.6 Å². The number of H-pyrrole nitrogens is 1. The standard InChI is InChI=1S/C18H24N4OS/c1-14-6-8-15(9-7-14)17-19-20-18(24)22(17)13-10-16(23)21-11-4-2-3-5-12-21/h6-9H,2-5,10-13H2,1H3,(H,20,24). The summed E-state index contributed by atoms with van der Waals surface area (Å²) in [5, 5.41) is 7.20. The molecular formula is C18H24N4OS. The minimum absolute atomic E-state index is 0.217. The number of hydrogen-bond donors (Lipinski definition) is 1. The molecule has 3 rings (SSSR count). The highest BCUT2D eigenvalue weighted by Crippen LogP contribution is 2.19. The van der Waals surface area contributed by atoms with Gasteiger partial charge in [-0.2, -0.15) is 5.10 Å². The fourth-order valence-corrected chi connectivity index (χ4v) is 3.36. The summed E-state index contributed by atoms with van der Waals surface area (Å²) in [5.41, 5.74) is 2.21. The number of aromatic amines is 1.